The zero-order valence-corrected chi connectivity index (χ0v) is 25.6. The van der Waals surface area contributed by atoms with Crippen molar-refractivity contribution in [1.82, 2.24) is 19.4 Å². The van der Waals surface area contributed by atoms with Crippen molar-refractivity contribution in [2.45, 2.75) is 71.0 Å². The first kappa shape index (κ1) is 32.2. The second-order valence-corrected chi connectivity index (χ2v) is 12.6. The molecule has 0 saturated carbocycles. The maximum absolute atomic E-state index is 13.5. The van der Waals surface area contributed by atoms with Crippen LogP contribution in [0, 0.1) is 6.92 Å². The molecular formula is C31H35F3N4O7. The summed E-state index contributed by atoms with van der Waals surface area (Å²) in [6.45, 7) is 7.47. The van der Waals surface area contributed by atoms with E-state index in [1.807, 2.05) is 19.1 Å². The number of morpholine rings is 1. The number of aromatic nitrogens is 2. The molecule has 45 heavy (non-hydrogen) atoms. The van der Waals surface area contributed by atoms with Gasteiger partial charge in [0.15, 0.2) is 0 Å². The normalized spacial score (nSPS) is 18.8. The van der Waals surface area contributed by atoms with Crippen molar-refractivity contribution in [1.29, 1.82) is 0 Å². The molecule has 2 aliphatic rings. The fourth-order valence-electron chi connectivity index (χ4n) is 5.73. The second kappa shape index (κ2) is 11.3. The van der Waals surface area contributed by atoms with Crippen LogP contribution in [0.4, 0.5) is 22.8 Å². The second-order valence-electron chi connectivity index (χ2n) is 12.6. The minimum atomic E-state index is -5.18. The van der Waals surface area contributed by atoms with Gasteiger partial charge in [-0.15, -0.1) is 0 Å². The SMILES string of the molecule is Cc1cn(C(=O)OC(C)(C)C)c2ncc(-c3cc4c(c(C5COCCN5C(=O)O)c3)CN(C(=O)C(C)(O)C(F)(F)F)CC4)cc12. The summed E-state index contributed by atoms with van der Waals surface area (Å²) in [5.41, 5.74) is -0.0985. The summed E-state index contributed by atoms with van der Waals surface area (Å²) in [6.07, 6.45) is -3.56. The van der Waals surface area contributed by atoms with Gasteiger partial charge in [0.2, 0.25) is 5.60 Å². The number of hydrogen-bond acceptors (Lipinski definition) is 7. The Morgan fingerprint density at radius 1 is 1.07 bits per heavy atom. The van der Waals surface area contributed by atoms with E-state index in [4.69, 9.17) is 9.47 Å². The lowest BCUT2D eigenvalue weighted by atomic mass is 9.86. The summed E-state index contributed by atoms with van der Waals surface area (Å²) < 4.78 is 53.0. The van der Waals surface area contributed by atoms with E-state index in [1.165, 1.54) is 9.47 Å². The number of nitrogens with zero attached hydrogens (tertiary/aromatic N) is 4. The first-order valence-corrected chi connectivity index (χ1v) is 14.4. The summed E-state index contributed by atoms with van der Waals surface area (Å²) >= 11 is 0. The molecule has 11 nitrogen and oxygen atoms in total. The number of rotatable bonds is 3. The number of hydrogen-bond donors (Lipinski definition) is 2. The lowest BCUT2D eigenvalue weighted by Gasteiger charge is -2.39. The molecule has 242 valence electrons. The van der Waals surface area contributed by atoms with Gasteiger partial charge in [-0.05, 0) is 81.0 Å². The van der Waals surface area contributed by atoms with E-state index in [0.717, 1.165) is 16.0 Å². The predicted molar refractivity (Wildman–Crippen MR) is 156 cm³/mol. The van der Waals surface area contributed by atoms with E-state index in [1.54, 1.807) is 39.2 Å². The molecule has 2 aliphatic heterocycles. The molecule has 1 aromatic carbocycles. The first-order valence-electron chi connectivity index (χ1n) is 14.4. The predicted octanol–water partition coefficient (Wildman–Crippen LogP) is 5.04. The number of alkyl halides is 3. The molecule has 2 amide bonds. The molecule has 1 fully saturated rings. The summed E-state index contributed by atoms with van der Waals surface area (Å²) in [7, 11) is 0. The van der Waals surface area contributed by atoms with Crippen molar-refractivity contribution in [3.8, 4) is 11.1 Å². The van der Waals surface area contributed by atoms with E-state index < -0.39 is 41.5 Å². The van der Waals surface area contributed by atoms with E-state index in [9.17, 15) is 37.8 Å². The highest BCUT2D eigenvalue weighted by molar-refractivity contribution is 5.92. The lowest BCUT2D eigenvalue weighted by Crippen LogP contribution is -2.57. The molecule has 1 saturated heterocycles. The fourth-order valence-corrected chi connectivity index (χ4v) is 5.73. The molecular weight excluding hydrogens is 597 g/mol. The Bertz CT molecular complexity index is 1680. The number of aryl methyl sites for hydroxylation is 1. The Kier molecular flexibility index (Phi) is 8.11. The van der Waals surface area contributed by atoms with Gasteiger partial charge < -0.3 is 24.6 Å². The van der Waals surface area contributed by atoms with Crippen molar-refractivity contribution in [3.63, 3.8) is 0 Å². The number of aliphatic hydroxyl groups is 1. The molecule has 2 unspecified atom stereocenters. The van der Waals surface area contributed by atoms with Crippen LogP contribution < -0.4 is 0 Å². The molecule has 2 N–H and O–H groups in total. The number of benzene rings is 1. The Morgan fingerprint density at radius 2 is 1.78 bits per heavy atom. The Morgan fingerprint density at radius 3 is 2.42 bits per heavy atom. The summed E-state index contributed by atoms with van der Waals surface area (Å²) in [5, 5.41) is 20.7. The number of amides is 2. The van der Waals surface area contributed by atoms with Crippen LogP contribution in [0.15, 0.2) is 30.6 Å². The third kappa shape index (κ3) is 6.08. The van der Waals surface area contributed by atoms with Crippen molar-refractivity contribution in [3.05, 3.63) is 52.8 Å². The van der Waals surface area contributed by atoms with Crippen LogP contribution in [0.3, 0.4) is 0 Å². The van der Waals surface area contributed by atoms with E-state index in [0.29, 0.717) is 40.2 Å². The van der Waals surface area contributed by atoms with Gasteiger partial charge in [0.1, 0.15) is 11.2 Å². The number of carboxylic acid groups (broad SMARTS) is 1. The highest BCUT2D eigenvalue weighted by Gasteiger charge is 2.57. The Hall–Kier alpha value is -4.17. The van der Waals surface area contributed by atoms with Gasteiger partial charge in [0.25, 0.3) is 5.91 Å². The summed E-state index contributed by atoms with van der Waals surface area (Å²) in [4.78, 5) is 44.6. The maximum Gasteiger partial charge on any atom is 0.426 e. The summed E-state index contributed by atoms with van der Waals surface area (Å²) in [5.74, 6) is -1.48. The number of halogens is 3. The first-order chi connectivity index (χ1) is 20.9. The van der Waals surface area contributed by atoms with Gasteiger partial charge in [0, 0.05) is 43.0 Å². The van der Waals surface area contributed by atoms with Crippen molar-refractivity contribution in [2.24, 2.45) is 0 Å². The molecule has 5 rings (SSSR count). The minimum Gasteiger partial charge on any atom is -0.465 e. The van der Waals surface area contributed by atoms with Crippen LogP contribution in [0.5, 0.6) is 0 Å². The van der Waals surface area contributed by atoms with Crippen LogP contribution in [0.2, 0.25) is 0 Å². The maximum atomic E-state index is 13.5. The van der Waals surface area contributed by atoms with Crippen molar-refractivity contribution in [2.75, 3.05) is 26.3 Å². The molecule has 2 atom stereocenters. The van der Waals surface area contributed by atoms with Gasteiger partial charge in [-0.25, -0.2) is 19.1 Å². The van der Waals surface area contributed by atoms with Crippen LogP contribution in [0.25, 0.3) is 22.2 Å². The van der Waals surface area contributed by atoms with E-state index in [2.05, 4.69) is 4.98 Å². The molecule has 2 aromatic heterocycles. The molecule has 14 heteroatoms. The smallest absolute Gasteiger partial charge is 0.426 e. The Labute approximate surface area is 257 Å². The lowest BCUT2D eigenvalue weighted by molar-refractivity contribution is -0.250. The van der Waals surface area contributed by atoms with Gasteiger partial charge in [-0.3, -0.25) is 9.69 Å². The number of carbonyl (C=O) groups is 3. The monoisotopic (exact) mass is 632 g/mol. The molecule has 0 radical (unpaired) electrons. The van der Waals surface area contributed by atoms with E-state index >= 15 is 0 Å². The van der Waals surface area contributed by atoms with Crippen LogP contribution in [0.1, 0.15) is 56.0 Å². The number of pyridine rings is 1. The molecule has 3 aromatic rings. The van der Waals surface area contributed by atoms with Gasteiger partial charge >= 0.3 is 18.4 Å². The highest BCUT2D eigenvalue weighted by atomic mass is 19.4. The average Bonchev–Trinajstić information content (AvgIpc) is 3.30. The van der Waals surface area contributed by atoms with Gasteiger partial charge in [-0.2, -0.15) is 13.2 Å². The number of fused-ring (bicyclic) bond motifs is 2. The largest absolute Gasteiger partial charge is 0.465 e. The van der Waals surface area contributed by atoms with Crippen LogP contribution in [-0.2, 0) is 27.2 Å². The van der Waals surface area contributed by atoms with Gasteiger partial charge in [-0.1, -0.05) is 6.07 Å². The minimum absolute atomic E-state index is 0.00549. The van der Waals surface area contributed by atoms with Crippen molar-refractivity contribution < 1.29 is 47.2 Å². The van der Waals surface area contributed by atoms with Crippen LogP contribution >= 0.6 is 0 Å². The number of carbonyl (C=O) groups excluding carboxylic acids is 2. The Balaban J connectivity index is 1.60. The standard InChI is InChI=1S/C31H35F3N4O7/c1-17-14-38(28(42)45-29(2,3)4)25-21(17)12-20(13-35-25)19-10-18-6-7-36(26(39)30(5,43)31(32,33)34)15-23(18)22(11-19)24-16-44-9-8-37(24)27(40)41/h10-14,24,43H,6-9,15-16H2,1-5H3,(H,40,41). The van der Waals surface area contributed by atoms with Crippen LogP contribution in [-0.4, -0.2) is 91.3 Å². The highest BCUT2D eigenvalue weighted by Crippen LogP contribution is 2.39. The van der Waals surface area contributed by atoms with E-state index in [-0.39, 0.29) is 39.3 Å². The molecule has 4 heterocycles. The zero-order chi connectivity index (χ0) is 33.1. The number of ether oxygens (including phenoxy) is 2. The van der Waals surface area contributed by atoms with Crippen molar-refractivity contribution >= 4 is 29.1 Å². The quantitative estimate of drug-likeness (QED) is 0.410. The third-order valence-electron chi connectivity index (χ3n) is 8.13. The topological polar surface area (TPSA) is 134 Å². The molecule has 0 bridgehead atoms. The van der Waals surface area contributed by atoms with Gasteiger partial charge in [0.05, 0.1) is 19.3 Å². The molecule has 0 aliphatic carbocycles. The average molecular weight is 633 g/mol. The summed E-state index contributed by atoms with van der Waals surface area (Å²) in [6, 6.07) is 4.65. The zero-order valence-electron chi connectivity index (χ0n) is 25.6. The molecule has 0 spiro atoms. The fraction of sp³-hybridized carbons (Fsp3) is 0.484. The third-order valence-corrected chi connectivity index (χ3v) is 8.13.